The Hall–Kier alpha value is -1.59. The van der Waals surface area contributed by atoms with Gasteiger partial charge in [0.25, 0.3) is 0 Å². The molecule has 3 rings (SSSR count). The fourth-order valence-electron chi connectivity index (χ4n) is 5.26. The number of nitriles is 1. The van der Waals surface area contributed by atoms with Gasteiger partial charge in [0.2, 0.25) is 5.91 Å². The molecule has 2 aliphatic heterocycles. The summed E-state index contributed by atoms with van der Waals surface area (Å²) in [6, 6.07) is 0.717. The molecule has 3 heterocycles. The van der Waals surface area contributed by atoms with Crippen LogP contribution in [0, 0.1) is 24.2 Å². The van der Waals surface area contributed by atoms with Crippen molar-refractivity contribution >= 4 is 29.3 Å². The maximum atomic E-state index is 13.7. The van der Waals surface area contributed by atoms with Crippen LogP contribution in [0.15, 0.2) is 13.6 Å². The number of amides is 1. The molecular formula is C25H38ClN3O8S. The number of nitrogens with zero attached hydrogens (tertiary/aromatic N) is 2. The summed E-state index contributed by atoms with van der Waals surface area (Å²) in [6.45, 7) is 4.05. The van der Waals surface area contributed by atoms with E-state index < -0.39 is 53.1 Å². The van der Waals surface area contributed by atoms with Crippen LogP contribution in [0.3, 0.4) is 0 Å². The molecule has 4 N–H and O–H groups in total. The predicted octanol–water partition coefficient (Wildman–Crippen LogP) is 1.49. The first kappa shape index (κ1) is 30.9. The molecule has 0 spiro atoms. The molecule has 0 aromatic carbocycles. The monoisotopic (exact) mass is 575 g/mol. The Bertz CT molecular complexity index is 1010. The molecule has 1 unspecified atom stereocenters. The average molecular weight is 576 g/mol. The molecule has 9 atom stereocenters. The first-order valence-corrected chi connectivity index (χ1v) is 14.7. The lowest BCUT2D eigenvalue weighted by atomic mass is 9.92. The van der Waals surface area contributed by atoms with E-state index in [1.807, 2.05) is 4.90 Å². The Morgan fingerprint density at radius 2 is 1.97 bits per heavy atom. The maximum absolute atomic E-state index is 13.7. The Balaban J connectivity index is 1.81. The minimum Gasteiger partial charge on any atom is -0.396 e. The number of nitrogens with one attached hydrogen (secondary N) is 1. The van der Waals surface area contributed by atoms with Gasteiger partial charge in [0.05, 0.1) is 30.1 Å². The lowest BCUT2D eigenvalue weighted by Gasteiger charge is -2.44. The summed E-state index contributed by atoms with van der Waals surface area (Å²) in [6.07, 6.45) is 0.727. The fourth-order valence-corrected chi connectivity index (χ4v) is 6.14. The number of hydrogen-bond donors (Lipinski definition) is 4. The van der Waals surface area contributed by atoms with Gasteiger partial charge in [-0.05, 0) is 64.7 Å². The third-order valence-corrected chi connectivity index (χ3v) is 8.62. The normalized spacial score (nSPS) is 32.2. The lowest BCUT2D eigenvalue weighted by molar-refractivity contribution is -0.205. The number of hydrogen-bond acceptors (Lipinski definition) is 11. The minimum atomic E-state index is -1.46. The molecule has 1 aromatic rings. The van der Waals surface area contributed by atoms with Crippen molar-refractivity contribution in [3.8, 4) is 6.07 Å². The molecular weight excluding hydrogens is 538 g/mol. The second-order valence-electron chi connectivity index (χ2n) is 10.1. The third-order valence-electron chi connectivity index (χ3n) is 7.50. The molecule has 2 saturated heterocycles. The molecule has 1 amide bonds. The minimum absolute atomic E-state index is 0.198. The SMILES string of the molecule is CS[C@H]1O[C@H](C(NC(=O)[C@@H]2CC[C@H](CCCC#N)CCN2Cc2oc(=O)oc2C)[C@H](C)Cl)[C@H](O)[C@H](O)[C@H]1O. The number of carbonyl (C=O) groups is 1. The van der Waals surface area contributed by atoms with E-state index in [1.165, 1.54) is 11.8 Å². The first-order chi connectivity index (χ1) is 18.1. The zero-order valence-corrected chi connectivity index (χ0v) is 23.5. The van der Waals surface area contributed by atoms with Gasteiger partial charge in [0.15, 0.2) is 5.76 Å². The van der Waals surface area contributed by atoms with Gasteiger partial charge < -0.3 is 34.2 Å². The van der Waals surface area contributed by atoms with Crippen molar-refractivity contribution in [3.63, 3.8) is 0 Å². The topological polar surface area (TPSA) is 169 Å². The predicted molar refractivity (Wildman–Crippen MR) is 140 cm³/mol. The highest BCUT2D eigenvalue weighted by Gasteiger charge is 2.48. The largest absolute Gasteiger partial charge is 0.519 e. The highest BCUT2D eigenvalue weighted by Crippen LogP contribution is 2.31. The number of thioether (sulfide) groups is 1. The number of carbonyl (C=O) groups excluding carboxylic acids is 1. The van der Waals surface area contributed by atoms with Gasteiger partial charge in [-0.25, -0.2) is 4.79 Å². The summed E-state index contributed by atoms with van der Waals surface area (Å²) in [5, 5.41) is 42.5. The quantitative estimate of drug-likeness (QED) is 0.235. The van der Waals surface area contributed by atoms with Gasteiger partial charge in [0, 0.05) is 6.42 Å². The van der Waals surface area contributed by atoms with Gasteiger partial charge >= 0.3 is 5.82 Å². The Labute approximate surface area is 231 Å². The van der Waals surface area contributed by atoms with Crippen molar-refractivity contribution in [2.24, 2.45) is 5.92 Å². The summed E-state index contributed by atoms with van der Waals surface area (Å²) in [5.74, 6) is -0.0899. The molecule has 0 radical (unpaired) electrons. The summed E-state index contributed by atoms with van der Waals surface area (Å²) < 4.78 is 16.1. The zero-order valence-electron chi connectivity index (χ0n) is 21.9. The van der Waals surface area contributed by atoms with Gasteiger partial charge in [-0.2, -0.15) is 5.26 Å². The maximum Gasteiger partial charge on any atom is 0.519 e. The van der Waals surface area contributed by atoms with Gasteiger partial charge in [-0.3, -0.25) is 9.69 Å². The Morgan fingerprint density at radius 3 is 2.58 bits per heavy atom. The van der Waals surface area contributed by atoms with E-state index in [9.17, 15) is 24.9 Å². The highest BCUT2D eigenvalue weighted by molar-refractivity contribution is 7.99. The number of likely N-dealkylation sites (tertiary alicyclic amines) is 1. The third kappa shape index (κ3) is 7.53. The van der Waals surface area contributed by atoms with Crippen LogP contribution < -0.4 is 11.1 Å². The van der Waals surface area contributed by atoms with Crippen LogP contribution >= 0.6 is 23.4 Å². The summed E-state index contributed by atoms with van der Waals surface area (Å²) >= 11 is 7.64. The number of unbranched alkanes of at least 4 members (excludes halogenated alkanes) is 1. The number of ether oxygens (including phenoxy) is 1. The van der Waals surface area contributed by atoms with Crippen molar-refractivity contribution in [3.05, 3.63) is 22.1 Å². The van der Waals surface area contributed by atoms with Crippen LogP contribution in [0.25, 0.3) is 0 Å². The molecule has 0 saturated carbocycles. The van der Waals surface area contributed by atoms with Crippen LogP contribution in [-0.2, 0) is 16.1 Å². The average Bonchev–Trinajstić information content (AvgIpc) is 3.06. The van der Waals surface area contributed by atoms with E-state index >= 15 is 0 Å². The van der Waals surface area contributed by atoms with E-state index in [0.717, 1.165) is 25.7 Å². The van der Waals surface area contributed by atoms with Crippen LogP contribution in [0.1, 0.15) is 57.0 Å². The van der Waals surface area contributed by atoms with Crippen LogP contribution in [-0.4, -0.2) is 86.2 Å². The van der Waals surface area contributed by atoms with Crippen LogP contribution in [0.4, 0.5) is 0 Å². The van der Waals surface area contributed by atoms with E-state index in [2.05, 4.69) is 11.4 Å². The Morgan fingerprint density at radius 1 is 1.24 bits per heavy atom. The molecule has 2 fully saturated rings. The molecule has 0 bridgehead atoms. The fraction of sp³-hybridized carbons (Fsp3) is 0.800. The number of rotatable bonds is 10. The molecule has 13 heteroatoms. The summed E-state index contributed by atoms with van der Waals surface area (Å²) in [4.78, 5) is 27.3. The lowest BCUT2D eigenvalue weighted by Crippen LogP contribution is -2.65. The number of halogens is 1. The molecule has 1 aromatic heterocycles. The van der Waals surface area contributed by atoms with Crippen molar-refractivity contribution in [1.29, 1.82) is 5.26 Å². The number of alkyl halides is 1. The molecule has 214 valence electrons. The van der Waals surface area contributed by atoms with Gasteiger partial charge in [0.1, 0.15) is 35.6 Å². The van der Waals surface area contributed by atoms with Gasteiger partial charge in [-0.15, -0.1) is 23.4 Å². The van der Waals surface area contributed by atoms with Crippen molar-refractivity contribution in [2.45, 2.75) is 106 Å². The van der Waals surface area contributed by atoms with Crippen molar-refractivity contribution in [2.75, 3.05) is 12.8 Å². The van der Waals surface area contributed by atoms with E-state index in [0.29, 0.717) is 36.8 Å². The first-order valence-electron chi connectivity index (χ1n) is 12.9. The van der Waals surface area contributed by atoms with Crippen molar-refractivity contribution < 1.29 is 33.7 Å². The highest BCUT2D eigenvalue weighted by atomic mass is 35.5. The molecule has 0 aliphatic carbocycles. The number of aliphatic hydroxyl groups is 3. The Kier molecular flexibility index (Phi) is 11.5. The van der Waals surface area contributed by atoms with E-state index in [4.69, 9.17) is 30.4 Å². The van der Waals surface area contributed by atoms with E-state index in [1.54, 1.807) is 20.1 Å². The van der Waals surface area contributed by atoms with E-state index in [-0.39, 0.29) is 12.5 Å². The second-order valence-corrected chi connectivity index (χ2v) is 11.7. The van der Waals surface area contributed by atoms with Crippen molar-refractivity contribution in [1.82, 2.24) is 10.2 Å². The molecule has 11 nitrogen and oxygen atoms in total. The second kappa shape index (κ2) is 14.2. The number of aliphatic hydroxyl groups excluding tert-OH is 3. The number of aryl methyl sites for hydroxylation is 1. The summed E-state index contributed by atoms with van der Waals surface area (Å²) in [5.41, 5.74) is -0.802. The van der Waals surface area contributed by atoms with Gasteiger partial charge in [-0.1, -0.05) is 0 Å². The molecule has 38 heavy (non-hydrogen) atoms. The smallest absolute Gasteiger partial charge is 0.396 e. The molecule has 2 aliphatic rings. The standard InChI is InChI=1S/C25H38ClN3O8S/c1-13(26)18(22-20(31)19(30)21(32)24(37-22)38-3)28-23(33)16-8-7-15(6-4-5-10-27)9-11-29(16)12-17-14(2)35-25(34)36-17/h13,15-16,18-22,24,30-32H,4-9,11-12H2,1-3H3,(H,28,33)/t13-,15-,16-,18?,19-,20+,21+,22+,24+/m0/s1. The van der Waals surface area contributed by atoms with Crippen LogP contribution in [0.5, 0.6) is 0 Å². The van der Waals surface area contributed by atoms with Crippen LogP contribution in [0.2, 0.25) is 0 Å². The summed E-state index contributed by atoms with van der Waals surface area (Å²) in [7, 11) is 0. The zero-order chi connectivity index (χ0) is 28.0.